The van der Waals surface area contributed by atoms with Crippen molar-refractivity contribution in [3.63, 3.8) is 0 Å². The van der Waals surface area contributed by atoms with E-state index in [1.165, 1.54) is 18.2 Å². The van der Waals surface area contributed by atoms with Gasteiger partial charge in [0.05, 0.1) is 4.90 Å². The van der Waals surface area contributed by atoms with E-state index in [-0.39, 0.29) is 0 Å². The molecular formula is C16H11F3NO5S-. The lowest BCUT2D eigenvalue weighted by molar-refractivity contribution is -0.274. The minimum atomic E-state index is -4.92. The summed E-state index contributed by atoms with van der Waals surface area (Å²) in [4.78, 5) is 11.6. The molecule has 2 rings (SSSR count). The summed E-state index contributed by atoms with van der Waals surface area (Å²) >= 11 is 0. The summed E-state index contributed by atoms with van der Waals surface area (Å²) in [7, 11) is -4.41. The van der Waals surface area contributed by atoms with Gasteiger partial charge in [0, 0.05) is 5.56 Å². The van der Waals surface area contributed by atoms with E-state index in [2.05, 4.69) is 11.3 Å². The summed E-state index contributed by atoms with van der Waals surface area (Å²) in [5.41, 5.74) is 0.0174. The van der Waals surface area contributed by atoms with Crippen molar-refractivity contribution >= 4 is 22.0 Å². The van der Waals surface area contributed by atoms with Gasteiger partial charge in [-0.3, -0.25) is 4.79 Å². The fourth-order valence-corrected chi connectivity index (χ4v) is 2.87. The minimum Gasteiger partial charge on any atom is -0.872 e. The number of sulfonamides is 1. The summed E-state index contributed by atoms with van der Waals surface area (Å²) in [6.45, 7) is 3.47. The number of rotatable bonds is 5. The van der Waals surface area contributed by atoms with Crippen LogP contribution in [0.25, 0.3) is 6.08 Å². The van der Waals surface area contributed by atoms with Crippen molar-refractivity contribution in [3.8, 4) is 11.5 Å². The SMILES string of the molecule is C=Cc1ccc([O-])c(C(=O)NS(=O)(=O)c2ccc(OC(F)(F)F)cc2)c1. The second kappa shape index (κ2) is 7.08. The third kappa shape index (κ3) is 4.76. The monoisotopic (exact) mass is 386 g/mol. The van der Waals surface area contributed by atoms with E-state index in [1.807, 2.05) is 0 Å². The highest BCUT2D eigenvalue weighted by Crippen LogP contribution is 2.24. The fourth-order valence-electron chi connectivity index (χ4n) is 1.91. The molecule has 0 bridgehead atoms. The third-order valence-corrected chi connectivity index (χ3v) is 4.43. The summed E-state index contributed by atoms with van der Waals surface area (Å²) < 4.78 is 65.9. The highest BCUT2D eigenvalue weighted by Gasteiger charge is 2.31. The first-order chi connectivity index (χ1) is 12.0. The Bertz CT molecular complexity index is 937. The van der Waals surface area contributed by atoms with Gasteiger partial charge in [-0.15, -0.1) is 13.2 Å². The van der Waals surface area contributed by atoms with E-state index in [9.17, 15) is 31.5 Å². The maximum absolute atomic E-state index is 12.2. The zero-order valence-corrected chi connectivity index (χ0v) is 13.7. The summed E-state index contributed by atoms with van der Waals surface area (Å²) in [6, 6.07) is 6.87. The Balaban J connectivity index is 2.23. The molecule has 138 valence electrons. The fraction of sp³-hybridized carbons (Fsp3) is 0.0625. The molecule has 2 aromatic carbocycles. The summed E-state index contributed by atoms with van der Waals surface area (Å²) in [5, 5.41) is 11.7. The lowest BCUT2D eigenvalue weighted by atomic mass is 10.1. The molecule has 0 radical (unpaired) electrons. The zero-order chi connectivity index (χ0) is 19.5. The maximum Gasteiger partial charge on any atom is 0.573 e. The molecular weight excluding hydrogens is 375 g/mol. The van der Waals surface area contributed by atoms with E-state index >= 15 is 0 Å². The van der Waals surface area contributed by atoms with Gasteiger partial charge in [0.25, 0.3) is 15.9 Å². The molecule has 0 saturated carbocycles. The van der Waals surface area contributed by atoms with Gasteiger partial charge < -0.3 is 9.84 Å². The van der Waals surface area contributed by atoms with Crippen molar-refractivity contribution in [1.29, 1.82) is 0 Å². The first-order valence-corrected chi connectivity index (χ1v) is 8.36. The maximum atomic E-state index is 12.2. The molecule has 10 heteroatoms. The van der Waals surface area contributed by atoms with Gasteiger partial charge in [-0.1, -0.05) is 30.5 Å². The molecule has 0 aliphatic heterocycles. The van der Waals surface area contributed by atoms with Crippen LogP contribution in [0.3, 0.4) is 0 Å². The Labute approximate surface area is 146 Å². The topological polar surface area (TPSA) is 95.5 Å². The average Bonchev–Trinajstić information content (AvgIpc) is 2.53. The van der Waals surface area contributed by atoms with Crippen molar-refractivity contribution in [1.82, 2.24) is 4.72 Å². The van der Waals surface area contributed by atoms with Gasteiger partial charge in [-0.25, -0.2) is 13.1 Å². The molecule has 0 aliphatic rings. The lowest BCUT2D eigenvalue weighted by Crippen LogP contribution is -2.31. The minimum absolute atomic E-state index is 0.414. The Kier molecular flexibility index (Phi) is 5.26. The predicted octanol–water partition coefficient (Wildman–Crippen LogP) is 2.42. The molecule has 0 atom stereocenters. The third-order valence-electron chi connectivity index (χ3n) is 3.08. The number of hydrogen-bond acceptors (Lipinski definition) is 5. The Hall–Kier alpha value is -3.01. The number of carbonyl (C=O) groups excluding carboxylic acids is 1. The molecule has 0 saturated heterocycles. The van der Waals surface area contributed by atoms with Gasteiger partial charge in [0.2, 0.25) is 0 Å². The Morgan fingerprint density at radius 3 is 2.31 bits per heavy atom. The second-order valence-electron chi connectivity index (χ2n) is 4.91. The lowest BCUT2D eigenvalue weighted by Gasteiger charge is -2.14. The van der Waals surface area contributed by atoms with E-state index in [4.69, 9.17) is 0 Å². The van der Waals surface area contributed by atoms with Crippen molar-refractivity contribution in [2.24, 2.45) is 0 Å². The normalized spacial score (nSPS) is 11.7. The highest BCUT2D eigenvalue weighted by atomic mass is 32.2. The smallest absolute Gasteiger partial charge is 0.573 e. The number of hydrogen-bond donors (Lipinski definition) is 1. The van der Waals surface area contributed by atoms with Crippen molar-refractivity contribution in [2.45, 2.75) is 11.3 Å². The van der Waals surface area contributed by atoms with Crippen LogP contribution in [-0.4, -0.2) is 20.7 Å². The van der Waals surface area contributed by atoms with Crippen LogP contribution in [-0.2, 0) is 10.0 Å². The van der Waals surface area contributed by atoms with Crippen LogP contribution in [0, 0.1) is 0 Å². The van der Waals surface area contributed by atoms with E-state index < -0.39 is 44.3 Å². The second-order valence-corrected chi connectivity index (χ2v) is 6.60. The van der Waals surface area contributed by atoms with Crippen LogP contribution < -0.4 is 14.6 Å². The van der Waals surface area contributed by atoms with Gasteiger partial charge in [0.1, 0.15) is 5.75 Å². The molecule has 6 nitrogen and oxygen atoms in total. The van der Waals surface area contributed by atoms with Gasteiger partial charge in [-0.05, 0) is 35.9 Å². The van der Waals surface area contributed by atoms with E-state index in [0.29, 0.717) is 5.56 Å². The molecule has 0 spiro atoms. The Morgan fingerprint density at radius 1 is 1.15 bits per heavy atom. The summed E-state index contributed by atoms with van der Waals surface area (Å²) in [5.74, 6) is -2.49. The molecule has 1 N–H and O–H groups in total. The molecule has 2 aromatic rings. The number of ether oxygens (including phenoxy) is 1. The average molecular weight is 386 g/mol. The van der Waals surface area contributed by atoms with Crippen molar-refractivity contribution in [2.75, 3.05) is 0 Å². The largest absolute Gasteiger partial charge is 0.872 e. The van der Waals surface area contributed by atoms with Gasteiger partial charge in [-0.2, -0.15) is 0 Å². The van der Waals surface area contributed by atoms with Crippen LogP contribution in [0.2, 0.25) is 0 Å². The van der Waals surface area contributed by atoms with Gasteiger partial charge in [0.15, 0.2) is 0 Å². The van der Waals surface area contributed by atoms with E-state index in [0.717, 1.165) is 30.3 Å². The molecule has 0 heterocycles. The molecule has 0 aliphatic carbocycles. The quantitative estimate of drug-likeness (QED) is 0.852. The summed E-state index contributed by atoms with van der Waals surface area (Å²) in [6.07, 6.45) is -3.56. The molecule has 1 amide bonds. The van der Waals surface area contributed by atoms with Gasteiger partial charge >= 0.3 is 6.36 Å². The first kappa shape index (κ1) is 19.3. The van der Waals surface area contributed by atoms with Crippen LogP contribution in [0.1, 0.15) is 15.9 Å². The van der Waals surface area contributed by atoms with Crippen LogP contribution >= 0.6 is 0 Å². The number of amides is 1. The number of alkyl halides is 3. The highest BCUT2D eigenvalue weighted by molar-refractivity contribution is 7.90. The molecule has 0 unspecified atom stereocenters. The van der Waals surface area contributed by atoms with Crippen LogP contribution in [0.4, 0.5) is 13.2 Å². The first-order valence-electron chi connectivity index (χ1n) is 6.88. The molecule has 0 aromatic heterocycles. The van der Waals surface area contributed by atoms with E-state index in [1.54, 1.807) is 4.72 Å². The number of carbonyl (C=O) groups is 1. The zero-order valence-electron chi connectivity index (χ0n) is 12.9. The predicted molar refractivity (Wildman–Crippen MR) is 83.8 cm³/mol. The number of nitrogens with one attached hydrogen (secondary N) is 1. The number of halogens is 3. The van der Waals surface area contributed by atoms with Crippen LogP contribution in [0.15, 0.2) is 53.9 Å². The van der Waals surface area contributed by atoms with Crippen molar-refractivity contribution < 1.29 is 36.2 Å². The number of benzene rings is 2. The van der Waals surface area contributed by atoms with Crippen LogP contribution in [0.5, 0.6) is 11.5 Å². The molecule has 26 heavy (non-hydrogen) atoms. The Morgan fingerprint density at radius 2 is 1.77 bits per heavy atom. The van der Waals surface area contributed by atoms with Crippen molar-refractivity contribution in [3.05, 3.63) is 60.2 Å². The standard InChI is InChI=1S/C16H12F3NO5S/c1-2-10-3-8-14(21)13(9-10)15(22)20-26(23,24)12-6-4-11(5-7-12)25-16(17,18)19/h2-9,21H,1H2,(H,20,22)/p-1. The molecule has 0 fully saturated rings.